The SMILES string of the molecule is CC(=O)OC[C@H]1O[C@@H](N(Nc2on[n+](-c3cc(Cl)ccc3C)c2C=O)C(N)=S)[C@H](OC(C)=O)[C@@H](OC(C)=O)[C@H]1OC(C)=O. The predicted octanol–water partition coefficient (Wildman–Crippen LogP) is 0.681. The molecule has 0 spiro atoms. The summed E-state index contributed by atoms with van der Waals surface area (Å²) < 4.78 is 34.0. The summed E-state index contributed by atoms with van der Waals surface area (Å²) in [6.45, 7) is 5.64. The minimum atomic E-state index is -1.56. The Morgan fingerprint density at radius 3 is 2.23 bits per heavy atom. The molecule has 18 heteroatoms. The first kappa shape index (κ1) is 33.2. The minimum absolute atomic E-state index is 0.141. The number of anilines is 1. The third-order valence-corrected chi connectivity index (χ3v) is 6.30. The number of nitrogens with zero attached hydrogens (tertiary/aromatic N) is 3. The molecule has 3 N–H and O–H groups in total. The van der Waals surface area contributed by atoms with Crippen molar-refractivity contribution in [3.8, 4) is 5.69 Å². The number of hydrazine groups is 1. The van der Waals surface area contributed by atoms with Crippen molar-refractivity contribution in [2.75, 3.05) is 12.0 Å². The van der Waals surface area contributed by atoms with Gasteiger partial charge < -0.3 is 29.4 Å². The summed E-state index contributed by atoms with van der Waals surface area (Å²) >= 11 is 11.4. The highest BCUT2D eigenvalue weighted by molar-refractivity contribution is 7.80. The van der Waals surface area contributed by atoms with Crippen molar-refractivity contribution < 1.29 is 56.9 Å². The molecule has 16 nitrogen and oxygen atoms in total. The van der Waals surface area contributed by atoms with Crippen molar-refractivity contribution in [1.82, 2.24) is 10.3 Å². The van der Waals surface area contributed by atoms with E-state index in [2.05, 4.69) is 10.7 Å². The molecule has 0 amide bonds. The lowest BCUT2D eigenvalue weighted by atomic mass is 9.97. The first-order valence-corrected chi connectivity index (χ1v) is 13.3. The fraction of sp³-hybridized carbons (Fsp3) is 0.440. The van der Waals surface area contributed by atoms with Gasteiger partial charge in [0.25, 0.3) is 0 Å². The van der Waals surface area contributed by atoms with Gasteiger partial charge in [0.15, 0.2) is 29.7 Å². The van der Waals surface area contributed by atoms with Gasteiger partial charge in [-0.2, -0.15) is 0 Å². The molecular weight excluding hydrogens is 614 g/mol. The van der Waals surface area contributed by atoms with E-state index >= 15 is 0 Å². The van der Waals surface area contributed by atoms with E-state index in [1.807, 2.05) is 0 Å². The van der Waals surface area contributed by atoms with Gasteiger partial charge in [-0.3, -0.25) is 33.9 Å². The number of aromatic nitrogens is 2. The van der Waals surface area contributed by atoms with Gasteiger partial charge in [-0.05, 0) is 29.9 Å². The Hall–Kier alpha value is -4.35. The van der Waals surface area contributed by atoms with E-state index in [0.29, 0.717) is 22.6 Å². The number of benzene rings is 1. The van der Waals surface area contributed by atoms with Crippen molar-refractivity contribution in [2.24, 2.45) is 5.73 Å². The number of esters is 4. The number of halogens is 1. The fourth-order valence-electron chi connectivity index (χ4n) is 4.20. The Balaban J connectivity index is 2.12. The van der Waals surface area contributed by atoms with Crippen LogP contribution in [0.3, 0.4) is 0 Å². The summed E-state index contributed by atoms with van der Waals surface area (Å²) in [7, 11) is 0. The number of aldehydes is 1. The summed E-state index contributed by atoms with van der Waals surface area (Å²) in [4.78, 5) is 60.2. The maximum absolute atomic E-state index is 12.2. The maximum Gasteiger partial charge on any atom is 0.345 e. The smallest absolute Gasteiger partial charge is 0.345 e. The van der Waals surface area contributed by atoms with Gasteiger partial charge in [0.2, 0.25) is 17.2 Å². The van der Waals surface area contributed by atoms with Crippen molar-refractivity contribution in [3.63, 3.8) is 0 Å². The second-order valence-electron chi connectivity index (χ2n) is 9.16. The zero-order valence-corrected chi connectivity index (χ0v) is 25.2. The lowest BCUT2D eigenvalue weighted by Crippen LogP contribution is -2.68. The van der Waals surface area contributed by atoms with Crippen LogP contribution in [0.4, 0.5) is 5.88 Å². The first-order valence-electron chi connectivity index (χ1n) is 12.5. The zero-order valence-electron chi connectivity index (χ0n) is 23.6. The monoisotopic (exact) mass is 642 g/mol. The number of ether oxygens (including phenoxy) is 5. The van der Waals surface area contributed by atoms with Gasteiger partial charge in [0.05, 0.1) is 0 Å². The summed E-state index contributed by atoms with van der Waals surface area (Å²) in [6.07, 6.45) is -6.90. The van der Waals surface area contributed by atoms with Crippen LogP contribution in [0.15, 0.2) is 22.7 Å². The fourth-order valence-corrected chi connectivity index (χ4v) is 4.52. The highest BCUT2D eigenvalue weighted by Gasteiger charge is 2.54. The molecule has 0 radical (unpaired) electrons. The second-order valence-corrected chi connectivity index (χ2v) is 10.0. The molecule has 2 aromatic rings. The molecule has 1 fully saturated rings. The second kappa shape index (κ2) is 14.2. The van der Waals surface area contributed by atoms with E-state index in [1.54, 1.807) is 25.1 Å². The van der Waals surface area contributed by atoms with Crippen LogP contribution >= 0.6 is 23.8 Å². The average molecular weight is 643 g/mol. The Morgan fingerprint density at radius 2 is 1.67 bits per heavy atom. The van der Waals surface area contributed by atoms with Crippen molar-refractivity contribution >= 4 is 65.0 Å². The number of nitrogens with one attached hydrogen (secondary N) is 1. The molecule has 1 saturated heterocycles. The molecule has 43 heavy (non-hydrogen) atoms. The van der Waals surface area contributed by atoms with Gasteiger partial charge in [0, 0.05) is 44.3 Å². The van der Waals surface area contributed by atoms with Crippen molar-refractivity contribution in [1.29, 1.82) is 0 Å². The van der Waals surface area contributed by atoms with E-state index in [-0.39, 0.29) is 11.6 Å². The number of carbonyl (C=O) groups excluding carboxylic acids is 5. The highest BCUT2D eigenvalue weighted by Crippen LogP contribution is 2.31. The summed E-state index contributed by atoms with van der Waals surface area (Å²) in [5.74, 6) is -3.47. The van der Waals surface area contributed by atoms with Crippen molar-refractivity contribution in [3.05, 3.63) is 34.5 Å². The molecule has 1 aliphatic heterocycles. The average Bonchev–Trinajstić information content (AvgIpc) is 3.31. The third kappa shape index (κ3) is 8.14. The number of thiocarbonyl (C=S) groups is 1. The van der Waals surface area contributed by atoms with E-state index < -0.39 is 66.2 Å². The predicted molar refractivity (Wildman–Crippen MR) is 147 cm³/mol. The standard InChI is InChI=1S/C25H28ClN5O11S/c1-11-6-7-16(26)8-17(11)30-18(9-32)23(42-29-30)28-31(25(27)43)24-22(40-15(5)36)21(39-14(4)35)20(38-13(3)34)19(41-24)10-37-12(2)33/h6-9,19-22,24H,10H2,1-5H3,(H2-,27,28,29,32,43)/p+1/t19-,20+,21+,22-,24-/m1/s1. The van der Waals surface area contributed by atoms with Crippen LogP contribution < -0.4 is 15.8 Å². The number of hydrogen-bond acceptors (Lipinski definition) is 14. The van der Waals surface area contributed by atoms with E-state index in [0.717, 1.165) is 32.7 Å². The summed E-state index contributed by atoms with van der Waals surface area (Å²) in [5.41, 5.74) is 9.68. The Labute approximate surface area is 255 Å². The molecule has 1 aliphatic rings. The third-order valence-electron chi connectivity index (χ3n) is 5.87. The number of nitrogens with two attached hydrogens (primary N) is 1. The van der Waals surface area contributed by atoms with E-state index in [4.69, 9.17) is 57.8 Å². The Bertz CT molecular complexity index is 1420. The largest absolute Gasteiger partial charge is 0.463 e. The molecule has 3 rings (SSSR count). The van der Waals surface area contributed by atoms with Crippen LogP contribution in [0.1, 0.15) is 43.7 Å². The van der Waals surface area contributed by atoms with Gasteiger partial charge in [-0.1, -0.05) is 17.7 Å². The zero-order chi connectivity index (χ0) is 32.0. The van der Waals surface area contributed by atoms with E-state index in [9.17, 15) is 24.0 Å². The maximum atomic E-state index is 12.2. The molecule has 2 heterocycles. The van der Waals surface area contributed by atoms with Gasteiger partial charge in [0.1, 0.15) is 12.7 Å². The molecular formula is C25H29ClN5O11S+. The lowest BCUT2D eigenvalue weighted by molar-refractivity contribution is -0.671. The van der Waals surface area contributed by atoms with Crippen LogP contribution in [-0.2, 0) is 42.9 Å². The molecule has 232 valence electrons. The first-order chi connectivity index (χ1) is 20.2. The van der Waals surface area contributed by atoms with Crippen LogP contribution in [0.25, 0.3) is 5.69 Å². The topological polar surface area (TPSA) is 203 Å². The van der Waals surface area contributed by atoms with Gasteiger partial charge >= 0.3 is 35.5 Å². The molecule has 1 aromatic heterocycles. The molecule has 0 bridgehead atoms. The van der Waals surface area contributed by atoms with Crippen LogP contribution in [-0.4, -0.2) is 82.8 Å². The Morgan fingerprint density at radius 1 is 1.07 bits per heavy atom. The molecule has 1 aromatic carbocycles. The summed E-state index contributed by atoms with van der Waals surface area (Å²) in [6, 6.07) is 4.92. The quantitative estimate of drug-likeness (QED) is 0.0913. The number of hydrogen-bond donors (Lipinski definition) is 2. The minimum Gasteiger partial charge on any atom is -0.463 e. The molecule has 0 saturated carbocycles. The van der Waals surface area contributed by atoms with Crippen LogP contribution in [0.2, 0.25) is 5.02 Å². The van der Waals surface area contributed by atoms with Crippen LogP contribution in [0.5, 0.6) is 0 Å². The van der Waals surface area contributed by atoms with Crippen molar-refractivity contribution in [2.45, 2.75) is 65.3 Å². The number of rotatable bonds is 10. The molecule has 0 unspecified atom stereocenters. The van der Waals surface area contributed by atoms with E-state index in [1.165, 1.54) is 4.68 Å². The number of carbonyl (C=O) groups is 5. The molecule has 0 aliphatic carbocycles. The molecule has 5 atom stereocenters. The highest BCUT2D eigenvalue weighted by atomic mass is 35.5. The van der Waals surface area contributed by atoms with Crippen LogP contribution in [0, 0.1) is 6.92 Å². The normalized spacial score (nSPS) is 21.2. The lowest BCUT2D eigenvalue weighted by Gasteiger charge is -2.47. The van der Waals surface area contributed by atoms with Gasteiger partial charge in [-0.15, -0.1) is 0 Å². The number of aryl methyl sites for hydroxylation is 1. The Kier molecular flexibility index (Phi) is 11.0. The van der Waals surface area contributed by atoms with Gasteiger partial charge in [-0.25, -0.2) is 5.01 Å². The summed E-state index contributed by atoms with van der Waals surface area (Å²) in [5, 5.41) is 4.79.